The Kier molecular flexibility index (Phi) is 4.61. The van der Waals surface area contributed by atoms with Crippen molar-refractivity contribution in [2.45, 2.75) is 37.6 Å². The minimum absolute atomic E-state index is 0.329. The molecule has 2 aromatic rings. The number of rotatable bonds is 5. The van der Waals surface area contributed by atoms with Crippen LogP contribution in [0.2, 0.25) is 0 Å². The molecule has 1 saturated carbocycles. The molecule has 0 radical (unpaired) electrons. The third kappa shape index (κ3) is 3.30. The summed E-state index contributed by atoms with van der Waals surface area (Å²) in [5.74, 6) is -1.49. The molecular weight excluding hydrogens is 396 g/mol. The predicted molar refractivity (Wildman–Crippen MR) is 111 cm³/mol. The molecule has 5 rings (SSSR count). The van der Waals surface area contributed by atoms with Crippen LogP contribution in [-0.4, -0.2) is 47.3 Å². The fraction of sp³-hybridized carbons (Fsp3) is 0.333. The van der Waals surface area contributed by atoms with E-state index in [1.54, 1.807) is 6.07 Å². The average Bonchev–Trinajstić information content (AvgIpc) is 3.45. The van der Waals surface area contributed by atoms with Crippen molar-refractivity contribution in [1.82, 2.24) is 10.2 Å². The van der Waals surface area contributed by atoms with Crippen molar-refractivity contribution in [3.8, 4) is 11.1 Å². The number of Topliss-reactive ketones (excluding diaryl/α,β-unsaturated/α-hetero) is 1. The summed E-state index contributed by atoms with van der Waals surface area (Å²) in [6, 6.07) is 13.0. The van der Waals surface area contributed by atoms with Crippen LogP contribution in [0.3, 0.4) is 0 Å². The summed E-state index contributed by atoms with van der Waals surface area (Å²) in [5, 5.41) is 2.72. The second-order valence-corrected chi connectivity index (χ2v) is 8.40. The molecule has 7 heteroatoms. The van der Waals surface area contributed by atoms with Gasteiger partial charge in [0, 0.05) is 5.56 Å². The van der Waals surface area contributed by atoms with Crippen LogP contribution < -0.4 is 5.32 Å². The van der Waals surface area contributed by atoms with Gasteiger partial charge in [-0.3, -0.25) is 19.3 Å². The second-order valence-electron chi connectivity index (χ2n) is 8.40. The number of esters is 1. The van der Waals surface area contributed by atoms with E-state index in [-0.39, 0.29) is 11.7 Å². The van der Waals surface area contributed by atoms with Crippen molar-refractivity contribution in [3.05, 3.63) is 59.2 Å². The van der Waals surface area contributed by atoms with Gasteiger partial charge in [-0.1, -0.05) is 49.2 Å². The molecule has 0 aromatic heterocycles. The van der Waals surface area contributed by atoms with Crippen molar-refractivity contribution in [3.63, 3.8) is 0 Å². The first kappa shape index (κ1) is 19.5. The van der Waals surface area contributed by atoms with Gasteiger partial charge in [0.05, 0.1) is 0 Å². The number of hydrogen-bond donors (Lipinski definition) is 1. The summed E-state index contributed by atoms with van der Waals surface area (Å²) in [4.78, 5) is 50.5. The number of nitrogens with zero attached hydrogens (tertiary/aromatic N) is 1. The average molecular weight is 418 g/mol. The molecule has 0 unspecified atom stereocenters. The van der Waals surface area contributed by atoms with Crippen LogP contribution in [-0.2, 0) is 20.7 Å². The molecule has 158 valence electrons. The zero-order valence-electron chi connectivity index (χ0n) is 17.0. The monoisotopic (exact) mass is 418 g/mol. The highest BCUT2D eigenvalue weighted by Gasteiger charge is 2.52. The molecule has 1 heterocycles. The number of amides is 3. The van der Waals surface area contributed by atoms with Crippen LogP contribution in [0, 0.1) is 0 Å². The number of imide groups is 1. The molecule has 1 N–H and O–H groups in total. The topological polar surface area (TPSA) is 92.8 Å². The van der Waals surface area contributed by atoms with Crippen LogP contribution in [0.15, 0.2) is 42.5 Å². The maximum Gasteiger partial charge on any atom is 0.326 e. The Hall–Kier alpha value is -3.48. The smallest absolute Gasteiger partial charge is 0.326 e. The largest absolute Gasteiger partial charge is 0.456 e. The normalized spacial score (nSPS) is 18.1. The molecule has 1 aliphatic heterocycles. The van der Waals surface area contributed by atoms with Crippen molar-refractivity contribution >= 4 is 23.7 Å². The molecule has 3 aliphatic rings. The maximum absolute atomic E-state index is 12.6. The number of ether oxygens (including phenoxy) is 1. The fourth-order valence-electron chi connectivity index (χ4n) is 4.84. The zero-order valence-corrected chi connectivity index (χ0v) is 17.0. The lowest BCUT2D eigenvalue weighted by molar-refractivity contribution is -0.146. The summed E-state index contributed by atoms with van der Waals surface area (Å²) in [6.45, 7) is -0.925. The molecule has 2 aliphatic carbocycles. The van der Waals surface area contributed by atoms with Crippen LogP contribution >= 0.6 is 0 Å². The first-order valence-electron chi connectivity index (χ1n) is 10.5. The van der Waals surface area contributed by atoms with Crippen LogP contribution in [0.25, 0.3) is 11.1 Å². The van der Waals surface area contributed by atoms with E-state index >= 15 is 0 Å². The van der Waals surface area contributed by atoms with Crippen LogP contribution in [0.1, 0.15) is 47.2 Å². The highest BCUT2D eigenvalue weighted by molar-refractivity contribution is 6.09. The molecule has 1 spiro atoms. The lowest BCUT2D eigenvalue weighted by Crippen LogP contribution is -2.44. The third-order valence-electron chi connectivity index (χ3n) is 6.47. The quantitative estimate of drug-likeness (QED) is 0.391. The molecule has 31 heavy (non-hydrogen) atoms. The number of ketones is 1. The Morgan fingerprint density at radius 2 is 1.74 bits per heavy atom. The number of fused-ring (bicyclic) bond motifs is 3. The number of carbonyl (C=O) groups is 4. The Morgan fingerprint density at radius 1 is 1.00 bits per heavy atom. The molecule has 1 saturated heterocycles. The van der Waals surface area contributed by atoms with Gasteiger partial charge in [0.1, 0.15) is 12.1 Å². The Morgan fingerprint density at radius 3 is 2.55 bits per heavy atom. The van der Waals surface area contributed by atoms with Crippen LogP contribution in [0.5, 0.6) is 0 Å². The van der Waals surface area contributed by atoms with Gasteiger partial charge < -0.3 is 10.1 Å². The highest BCUT2D eigenvalue weighted by atomic mass is 16.5. The van der Waals surface area contributed by atoms with Gasteiger partial charge in [0.25, 0.3) is 5.91 Å². The number of hydrogen-bond acceptors (Lipinski definition) is 5. The fourth-order valence-corrected chi connectivity index (χ4v) is 4.84. The minimum Gasteiger partial charge on any atom is -0.456 e. The molecule has 2 aromatic carbocycles. The highest BCUT2D eigenvalue weighted by Crippen LogP contribution is 2.37. The lowest BCUT2D eigenvalue weighted by atomic mass is 9.98. The molecule has 7 nitrogen and oxygen atoms in total. The molecule has 3 amide bonds. The van der Waals surface area contributed by atoms with Crippen LogP contribution in [0.4, 0.5) is 4.79 Å². The number of urea groups is 1. The van der Waals surface area contributed by atoms with Gasteiger partial charge in [0.15, 0.2) is 12.4 Å². The summed E-state index contributed by atoms with van der Waals surface area (Å²) in [5.41, 5.74) is 4.12. The SMILES string of the molecule is O=C(CN1C(=O)NC2(CCCC2)C1=O)OCC(=O)c1ccc2c(c1)-c1ccccc1C2. The summed E-state index contributed by atoms with van der Waals surface area (Å²) in [7, 11) is 0. The number of benzene rings is 2. The molecule has 0 bridgehead atoms. The number of carbonyl (C=O) groups excluding carboxylic acids is 4. The van der Waals surface area contributed by atoms with Gasteiger partial charge in [-0.25, -0.2) is 4.79 Å². The van der Waals surface area contributed by atoms with E-state index in [2.05, 4.69) is 11.4 Å². The van der Waals surface area contributed by atoms with Crippen molar-refractivity contribution in [1.29, 1.82) is 0 Å². The van der Waals surface area contributed by atoms with E-state index < -0.39 is 30.7 Å². The summed E-state index contributed by atoms with van der Waals surface area (Å²) < 4.78 is 5.09. The van der Waals surface area contributed by atoms with Gasteiger partial charge in [-0.2, -0.15) is 0 Å². The van der Waals surface area contributed by atoms with Crippen molar-refractivity contribution in [2.24, 2.45) is 0 Å². The van der Waals surface area contributed by atoms with Crippen molar-refractivity contribution in [2.75, 3.05) is 13.2 Å². The summed E-state index contributed by atoms with van der Waals surface area (Å²) in [6.07, 6.45) is 3.74. The van der Waals surface area contributed by atoms with E-state index in [4.69, 9.17) is 4.74 Å². The van der Waals surface area contributed by atoms with Gasteiger partial charge in [-0.05, 0) is 47.6 Å². The van der Waals surface area contributed by atoms with E-state index in [1.165, 1.54) is 5.56 Å². The predicted octanol–water partition coefficient (Wildman–Crippen LogP) is 2.85. The molecule has 2 fully saturated rings. The lowest BCUT2D eigenvalue weighted by Gasteiger charge is -2.19. The Labute approximate surface area is 179 Å². The second kappa shape index (κ2) is 7.34. The van der Waals surface area contributed by atoms with E-state index in [0.717, 1.165) is 40.9 Å². The zero-order chi connectivity index (χ0) is 21.6. The minimum atomic E-state index is -0.867. The third-order valence-corrected chi connectivity index (χ3v) is 6.47. The van der Waals surface area contributed by atoms with Gasteiger partial charge in [0.2, 0.25) is 0 Å². The number of nitrogens with one attached hydrogen (secondary N) is 1. The van der Waals surface area contributed by atoms with E-state index in [1.807, 2.05) is 30.3 Å². The van der Waals surface area contributed by atoms with Gasteiger partial charge >= 0.3 is 12.0 Å². The maximum atomic E-state index is 12.6. The Balaban J connectivity index is 1.21. The molecule has 0 atom stereocenters. The van der Waals surface area contributed by atoms with E-state index in [0.29, 0.717) is 18.4 Å². The summed E-state index contributed by atoms with van der Waals surface area (Å²) >= 11 is 0. The first-order valence-corrected chi connectivity index (χ1v) is 10.5. The first-order chi connectivity index (χ1) is 15.0. The van der Waals surface area contributed by atoms with Gasteiger partial charge in [-0.15, -0.1) is 0 Å². The molecular formula is C24H22N2O5. The standard InChI is InChI=1S/C24H22N2O5/c27-20(17-8-7-16-11-15-5-1-2-6-18(15)19(16)12-17)14-31-21(28)13-26-22(29)24(25-23(26)30)9-3-4-10-24/h1-2,5-8,12H,3-4,9-11,13-14H2,(H,25,30). The Bertz CT molecular complexity index is 1120. The van der Waals surface area contributed by atoms with Crippen molar-refractivity contribution < 1.29 is 23.9 Å². The van der Waals surface area contributed by atoms with E-state index in [9.17, 15) is 19.2 Å².